The predicted octanol–water partition coefficient (Wildman–Crippen LogP) is 4.61. The third kappa shape index (κ3) is 7.19. The summed E-state index contributed by atoms with van der Waals surface area (Å²) in [6.07, 6.45) is 2.45. The Kier molecular flexibility index (Phi) is 8.98. The molecule has 1 N–H and O–H groups in total. The molecule has 0 spiro atoms. The Hall–Kier alpha value is -1.62. The summed E-state index contributed by atoms with van der Waals surface area (Å²) in [6, 6.07) is 5.62. The zero-order valence-corrected chi connectivity index (χ0v) is 20.7. The molecule has 0 bridgehead atoms. The van der Waals surface area contributed by atoms with Gasteiger partial charge in [0.15, 0.2) is 4.34 Å². The van der Waals surface area contributed by atoms with Gasteiger partial charge in [0.25, 0.3) is 0 Å². The van der Waals surface area contributed by atoms with Crippen LogP contribution in [0.5, 0.6) is 0 Å². The molecule has 1 amide bonds. The molecule has 2 heterocycles. The fourth-order valence-corrected chi connectivity index (χ4v) is 5.61. The molecule has 3 rings (SSSR count). The van der Waals surface area contributed by atoms with Crippen LogP contribution in [0.25, 0.3) is 6.08 Å². The highest BCUT2D eigenvalue weighted by Crippen LogP contribution is 2.31. The van der Waals surface area contributed by atoms with Crippen molar-refractivity contribution in [2.24, 2.45) is 0 Å². The van der Waals surface area contributed by atoms with Crippen molar-refractivity contribution in [1.82, 2.24) is 14.2 Å². The van der Waals surface area contributed by atoms with Crippen LogP contribution in [0.1, 0.15) is 23.1 Å². The molecule has 1 aliphatic rings. The van der Waals surface area contributed by atoms with E-state index in [2.05, 4.69) is 9.88 Å². The molecule has 1 aromatic heterocycles. The van der Waals surface area contributed by atoms with Crippen molar-refractivity contribution in [1.29, 1.82) is 0 Å². The van der Waals surface area contributed by atoms with Gasteiger partial charge in [0.1, 0.15) is 0 Å². The first-order chi connectivity index (χ1) is 15.2. The largest absolute Gasteiger partial charge is 0.478 e. The number of aryl methyl sites for hydroxylation is 1. The lowest BCUT2D eigenvalue weighted by Gasteiger charge is -2.35. The van der Waals surface area contributed by atoms with Crippen molar-refractivity contribution in [2.75, 3.05) is 26.2 Å². The normalized spacial score (nSPS) is 17.1. The average molecular weight is 516 g/mol. The van der Waals surface area contributed by atoms with E-state index in [0.717, 1.165) is 35.3 Å². The molecule has 172 valence electrons. The second-order valence-electron chi connectivity index (χ2n) is 7.25. The molecule has 1 aliphatic heterocycles. The number of carboxylic acid groups (broad SMARTS) is 1. The van der Waals surface area contributed by atoms with Crippen molar-refractivity contribution in [3.63, 3.8) is 0 Å². The molecule has 0 saturated carbocycles. The van der Waals surface area contributed by atoms with Gasteiger partial charge < -0.3 is 9.84 Å². The summed E-state index contributed by atoms with van der Waals surface area (Å²) in [5.41, 5.74) is 1.79. The van der Waals surface area contributed by atoms with Gasteiger partial charge >= 0.3 is 5.97 Å². The van der Waals surface area contributed by atoms with Crippen molar-refractivity contribution < 1.29 is 19.4 Å². The van der Waals surface area contributed by atoms with Crippen molar-refractivity contribution in [3.8, 4) is 0 Å². The highest BCUT2D eigenvalue weighted by molar-refractivity contribution is 7.99. The van der Waals surface area contributed by atoms with Crippen LogP contribution in [-0.4, -0.2) is 63.5 Å². The van der Waals surface area contributed by atoms with E-state index in [9.17, 15) is 9.59 Å². The van der Waals surface area contributed by atoms with Crippen LogP contribution in [0.2, 0.25) is 10.0 Å². The molecule has 11 heteroatoms. The summed E-state index contributed by atoms with van der Waals surface area (Å²) in [4.78, 5) is 30.5. The van der Waals surface area contributed by atoms with E-state index in [1.165, 1.54) is 36.3 Å². The number of carbonyl (C=O) groups is 2. The zero-order valence-electron chi connectivity index (χ0n) is 17.6. The summed E-state index contributed by atoms with van der Waals surface area (Å²) in [6.45, 7) is 6.48. The van der Waals surface area contributed by atoms with Gasteiger partial charge in [-0.2, -0.15) is 0 Å². The zero-order chi connectivity index (χ0) is 23.3. The number of hydrogen-bond donors (Lipinski definition) is 1. The minimum absolute atomic E-state index is 0.101. The maximum atomic E-state index is 12.3. The van der Waals surface area contributed by atoms with Gasteiger partial charge in [0.05, 0.1) is 39.9 Å². The minimum Gasteiger partial charge on any atom is -0.478 e. The fraction of sp³-hybridized carbons (Fsp3) is 0.381. The number of amides is 1. The highest BCUT2D eigenvalue weighted by Gasteiger charge is 2.25. The maximum absolute atomic E-state index is 12.3. The molecule has 32 heavy (non-hydrogen) atoms. The van der Waals surface area contributed by atoms with Gasteiger partial charge in [-0.3, -0.25) is 14.0 Å². The number of carboxylic acids is 1. The number of rotatable bonds is 8. The summed E-state index contributed by atoms with van der Waals surface area (Å²) in [5, 5.41) is 9.89. The third-order valence-electron chi connectivity index (χ3n) is 4.71. The second-order valence-corrected chi connectivity index (χ2v) is 10.4. The standard InChI is InChI=1S/C21H23Cl2N3O4S2/c1-13-19(5-6-20(28)29)31-21(24-13)32-26(14(2)27)12-16-11-25(7-8-30-16)10-15-3-4-17(22)18(23)9-15/h3-6,9,16H,7-8,10-12H2,1-2H3,(H,28,29)/b6-5+/t16-/m0/s1. The first kappa shape index (κ1) is 25.0. The van der Waals surface area contributed by atoms with Crippen LogP contribution in [0.3, 0.4) is 0 Å². The van der Waals surface area contributed by atoms with Crippen molar-refractivity contribution in [3.05, 3.63) is 50.5 Å². The number of morpholine rings is 1. The molecule has 0 radical (unpaired) electrons. The summed E-state index contributed by atoms with van der Waals surface area (Å²) < 4.78 is 8.22. The molecular weight excluding hydrogens is 493 g/mol. The number of aliphatic carboxylic acids is 1. The lowest BCUT2D eigenvalue weighted by atomic mass is 10.2. The Bertz CT molecular complexity index is 1010. The van der Waals surface area contributed by atoms with Gasteiger partial charge in [-0.15, -0.1) is 11.3 Å². The average Bonchev–Trinajstić information content (AvgIpc) is 3.08. The van der Waals surface area contributed by atoms with Gasteiger partial charge in [-0.25, -0.2) is 9.78 Å². The van der Waals surface area contributed by atoms with Crippen molar-refractivity contribution >= 4 is 64.4 Å². The number of halogens is 2. The Morgan fingerprint density at radius 3 is 2.88 bits per heavy atom. The fourth-order valence-electron chi connectivity index (χ4n) is 3.16. The number of ether oxygens (including phenoxy) is 1. The van der Waals surface area contributed by atoms with Crippen LogP contribution in [-0.2, 0) is 20.9 Å². The number of aromatic nitrogens is 1. The molecule has 0 unspecified atom stereocenters. The summed E-state index contributed by atoms with van der Waals surface area (Å²) in [7, 11) is 0. The molecule has 2 aromatic rings. The van der Waals surface area contributed by atoms with Crippen LogP contribution in [0, 0.1) is 6.92 Å². The molecule has 1 atom stereocenters. The highest BCUT2D eigenvalue weighted by atomic mass is 35.5. The van der Waals surface area contributed by atoms with Crippen LogP contribution in [0.4, 0.5) is 0 Å². The molecule has 1 saturated heterocycles. The SMILES string of the molecule is CC(=O)N(C[C@@H]1CN(Cc2ccc(Cl)c(Cl)c2)CCO1)Sc1nc(C)c(/C=C/C(=O)O)s1. The van der Waals surface area contributed by atoms with E-state index in [4.69, 9.17) is 33.0 Å². The smallest absolute Gasteiger partial charge is 0.328 e. The predicted molar refractivity (Wildman–Crippen MR) is 128 cm³/mol. The van der Waals surface area contributed by atoms with Crippen LogP contribution < -0.4 is 0 Å². The number of carbonyl (C=O) groups excluding carboxylic acids is 1. The lowest BCUT2D eigenvalue weighted by Crippen LogP contribution is -2.46. The summed E-state index contributed by atoms with van der Waals surface area (Å²) in [5.74, 6) is -1.12. The van der Waals surface area contributed by atoms with Gasteiger partial charge in [0.2, 0.25) is 5.91 Å². The van der Waals surface area contributed by atoms with Crippen molar-refractivity contribution in [2.45, 2.75) is 30.8 Å². The van der Waals surface area contributed by atoms with Crippen LogP contribution >= 0.6 is 46.5 Å². The molecule has 0 aliphatic carbocycles. The molecule has 7 nitrogen and oxygen atoms in total. The van der Waals surface area contributed by atoms with E-state index < -0.39 is 5.97 Å². The Balaban J connectivity index is 1.61. The number of benzene rings is 1. The van der Waals surface area contributed by atoms with Gasteiger partial charge in [-0.1, -0.05) is 29.3 Å². The molecular formula is C21H23Cl2N3O4S2. The van der Waals surface area contributed by atoms with Gasteiger partial charge in [-0.05, 0) is 30.7 Å². The van der Waals surface area contributed by atoms with E-state index >= 15 is 0 Å². The Morgan fingerprint density at radius 2 is 2.19 bits per heavy atom. The quantitative estimate of drug-likeness (QED) is 0.405. The van der Waals surface area contributed by atoms with Gasteiger partial charge in [0, 0.05) is 44.6 Å². The lowest BCUT2D eigenvalue weighted by molar-refractivity contribution is -0.131. The first-order valence-electron chi connectivity index (χ1n) is 9.83. The Morgan fingerprint density at radius 1 is 1.41 bits per heavy atom. The molecule has 1 aromatic carbocycles. The monoisotopic (exact) mass is 515 g/mol. The second kappa shape index (κ2) is 11.5. The third-order valence-corrected chi connectivity index (χ3v) is 7.72. The van der Waals surface area contributed by atoms with E-state index in [-0.39, 0.29) is 12.0 Å². The van der Waals surface area contributed by atoms with E-state index in [0.29, 0.717) is 34.1 Å². The first-order valence-corrected chi connectivity index (χ1v) is 12.2. The Labute approximate surface area is 205 Å². The topological polar surface area (TPSA) is 83.0 Å². The maximum Gasteiger partial charge on any atom is 0.328 e. The molecule has 1 fully saturated rings. The number of thiazole rings is 1. The van der Waals surface area contributed by atoms with E-state index in [1.807, 2.05) is 19.1 Å². The number of nitrogens with zero attached hydrogens (tertiary/aromatic N) is 3. The number of hydrogen-bond acceptors (Lipinski definition) is 7. The van der Waals surface area contributed by atoms with E-state index in [1.54, 1.807) is 10.4 Å². The summed E-state index contributed by atoms with van der Waals surface area (Å²) >= 11 is 14.7. The minimum atomic E-state index is -1.02. The van der Waals surface area contributed by atoms with Crippen LogP contribution in [0.15, 0.2) is 28.6 Å².